The van der Waals surface area contributed by atoms with Crippen LogP contribution in [0.1, 0.15) is 36.8 Å². The van der Waals surface area contributed by atoms with Gasteiger partial charge in [0.1, 0.15) is 0 Å². The van der Waals surface area contributed by atoms with Crippen LogP contribution in [0.25, 0.3) is 0 Å². The monoisotopic (exact) mass is 517 g/mol. The van der Waals surface area contributed by atoms with Crippen LogP contribution < -0.4 is 4.90 Å². The van der Waals surface area contributed by atoms with Gasteiger partial charge in [-0.05, 0) is 73.2 Å². The molecule has 0 amide bonds. The summed E-state index contributed by atoms with van der Waals surface area (Å²) in [4.78, 5) is 5.23. The predicted octanol–water partition coefficient (Wildman–Crippen LogP) is 2.94. The van der Waals surface area contributed by atoms with Gasteiger partial charge in [-0.2, -0.15) is 4.31 Å². The van der Waals surface area contributed by atoms with Crippen LogP contribution in [0.4, 0.5) is 5.69 Å². The number of fused-ring (bicyclic) bond motifs is 1. The first-order valence-corrected chi connectivity index (χ1v) is 16.0. The second kappa shape index (κ2) is 9.84. The van der Waals surface area contributed by atoms with Crippen LogP contribution in [0.3, 0.4) is 0 Å². The van der Waals surface area contributed by atoms with E-state index in [2.05, 4.69) is 28.0 Å². The topological polar surface area (TPSA) is 78.0 Å². The van der Waals surface area contributed by atoms with E-state index in [1.165, 1.54) is 71.1 Å². The smallest absolute Gasteiger partial charge is 0.243 e. The molecule has 0 atom stereocenters. The van der Waals surface area contributed by atoms with Crippen molar-refractivity contribution in [1.82, 2.24) is 9.21 Å². The van der Waals surface area contributed by atoms with Crippen molar-refractivity contribution in [1.29, 1.82) is 0 Å². The number of hydrogen-bond donors (Lipinski definition) is 0. The summed E-state index contributed by atoms with van der Waals surface area (Å²) < 4.78 is 51.1. The van der Waals surface area contributed by atoms with Crippen LogP contribution >= 0.6 is 0 Å². The molecular formula is C26H35N3O4S2. The van der Waals surface area contributed by atoms with Gasteiger partial charge in [-0.25, -0.2) is 16.8 Å². The molecule has 3 aliphatic rings. The van der Waals surface area contributed by atoms with Crippen LogP contribution in [0.2, 0.25) is 0 Å². The summed E-state index contributed by atoms with van der Waals surface area (Å²) in [6.07, 6.45) is 8.72. The van der Waals surface area contributed by atoms with Gasteiger partial charge in [-0.3, -0.25) is 4.90 Å². The number of benzene rings is 2. The maximum Gasteiger partial charge on any atom is 0.243 e. The Morgan fingerprint density at radius 3 is 1.94 bits per heavy atom. The molecule has 1 saturated heterocycles. The molecule has 0 radical (unpaired) electrons. The molecule has 190 valence electrons. The normalized spacial score (nSPS) is 21.1. The molecule has 1 aliphatic carbocycles. The summed E-state index contributed by atoms with van der Waals surface area (Å²) in [6.45, 7) is 4.36. The summed E-state index contributed by atoms with van der Waals surface area (Å²) >= 11 is 0. The zero-order chi connectivity index (χ0) is 24.6. The van der Waals surface area contributed by atoms with Crippen molar-refractivity contribution >= 4 is 25.5 Å². The van der Waals surface area contributed by atoms with Gasteiger partial charge in [0.15, 0.2) is 9.84 Å². The zero-order valence-electron chi connectivity index (χ0n) is 20.4. The fourth-order valence-corrected chi connectivity index (χ4v) is 7.81. The molecule has 7 nitrogen and oxygen atoms in total. The van der Waals surface area contributed by atoms with Crippen LogP contribution in [-0.2, 0) is 32.7 Å². The van der Waals surface area contributed by atoms with E-state index in [1.807, 2.05) is 0 Å². The van der Waals surface area contributed by atoms with Crippen molar-refractivity contribution in [3.63, 3.8) is 0 Å². The van der Waals surface area contributed by atoms with Crippen LogP contribution in [0.5, 0.6) is 0 Å². The van der Waals surface area contributed by atoms with E-state index in [4.69, 9.17) is 0 Å². The number of sulfonamides is 1. The van der Waals surface area contributed by atoms with Crippen LogP contribution in [0.15, 0.2) is 52.3 Å². The molecule has 1 saturated carbocycles. The Balaban J connectivity index is 1.23. The van der Waals surface area contributed by atoms with E-state index in [1.54, 1.807) is 0 Å². The van der Waals surface area contributed by atoms with Crippen LogP contribution in [-0.4, -0.2) is 77.6 Å². The summed E-state index contributed by atoms with van der Waals surface area (Å²) in [5.41, 5.74) is 4.06. The van der Waals surface area contributed by atoms with Crippen molar-refractivity contribution in [3.8, 4) is 0 Å². The van der Waals surface area contributed by atoms with Gasteiger partial charge >= 0.3 is 0 Å². The summed E-state index contributed by atoms with van der Waals surface area (Å²) in [5, 5.41) is 0. The lowest BCUT2D eigenvalue weighted by Crippen LogP contribution is -2.48. The molecule has 2 heterocycles. The van der Waals surface area contributed by atoms with Crippen LogP contribution in [0, 0.1) is 0 Å². The summed E-state index contributed by atoms with van der Waals surface area (Å²) in [6, 6.07) is 13.1. The van der Waals surface area contributed by atoms with E-state index in [0.29, 0.717) is 26.2 Å². The highest BCUT2D eigenvalue weighted by molar-refractivity contribution is 7.90. The number of rotatable bonds is 5. The van der Waals surface area contributed by atoms with E-state index in [-0.39, 0.29) is 9.79 Å². The molecule has 5 rings (SSSR count). The number of piperazine rings is 1. The van der Waals surface area contributed by atoms with Crippen molar-refractivity contribution in [2.24, 2.45) is 0 Å². The Morgan fingerprint density at radius 1 is 0.714 bits per heavy atom. The highest BCUT2D eigenvalue weighted by Crippen LogP contribution is 2.29. The maximum absolute atomic E-state index is 13.1. The zero-order valence-corrected chi connectivity index (χ0v) is 22.0. The lowest BCUT2D eigenvalue weighted by Gasteiger charge is -2.35. The van der Waals surface area contributed by atoms with Gasteiger partial charge in [0.25, 0.3) is 0 Å². The summed E-state index contributed by atoms with van der Waals surface area (Å²) in [5.74, 6) is 0. The minimum Gasteiger partial charge on any atom is -0.369 e. The van der Waals surface area contributed by atoms with Crippen molar-refractivity contribution in [2.75, 3.05) is 50.4 Å². The standard InChI is InChI=1S/C26H35N3O4S2/c1-34(30,31)25-8-10-26(11-9-25)35(32,33)29-18-16-28(17-19-29)24-7-6-21-12-14-27(15-13-22(21)20-24)23-4-2-3-5-23/h6-11,20,23H,2-5,12-19H2,1H3. The molecular weight excluding hydrogens is 482 g/mol. The average Bonchev–Trinajstić information content (AvgIpc) is 3.31. The molecule has 0 bridgehead atoms. The molecule has 2 aliphatic heterocycles. The first kappa shape index (κ1) is 24.7. The van der Waals surface area contributed by atoms with Crippen molar-refractivity contribution in [2.45, 2.75) is 54.4 Å². The SMILES string of the molecule is CS(=O)(=O)c1ccc(S(=O)(=O)N2CCN(c3ccc4c(c3)CCN(C3CCCC3)CC4)CC2)cc1. The molecule has 0 spiro atoms. The van der Waals surface area contributed by atoms with Gasteiger partial charge in [0, 0.05) is 57.3 Å². The molecule has 9 heteroatoms. The third kappa shape index (κ3) is 5.28. The molecule has 2 aromatic carbocycles. The van der Waals surface area contributed by atoms with E-state index in [9.17, 15) is 16.8 Å². The largest absolute Gasteiger partial charge is 0.369 e. The Kier molecular flexibility index (Phi) is 6.96. The molecule has 0 aromatic heterocycles. The fourth-order valence-electron chi connectivity index (χ4n) is 5.75. The lowest BCUT2D eigenvalue weighted by atomic mass is 10.0. The molecule has 0 N–H and O–H groups in total. The molecule has 35 heavy (non-hydrogen) atoms. The highest BCUT2D eigenvalue weighted by Gasteiger charge is 2.29. The van der Waals surface area contributed by atoms with Crippen molar-refractivity contribution < 1.29 is 16.8 Å². The van der Waals surface area contributed by atoms with Gasteiger partial charge in [0.2, 0.25) is 10.0 Å². The number of anilines is 1. The Morgan fingerprint density at radius 2 is 1.31 bits per heavy atom. The van der Waals surface area contributed by atoms with Gasteiger partial charge in [-0.15, -0.1) is 0 Å². The summed E-state index contributed by atoms with van der Waals surface area (Å²) in [7, 11) is -7.02. The lowest BCUT2D eigenvalue weighted by molar-refractivity contribution is 0.208. The number of hydrogen-bond acceptors (Lipinski definition) is 6. The van der Waals surface area contributed by atoms with E-state index in [0.717, 1.165) is 38.2 Å². The Labute approximate surface area is 209 Å². The second-order valence-electron chi connectivity index (χ2n) is 10.1. The third-order valence-corrected chi connectivity index (χ3v) is 10.9. The maximum atomic E-state index is 13.1. The minimum absolute atomic E-state index is 0.121. The van der Waals surface area contributed by atoms with Gasteiger partial charge in [0.05, 0.1) is 9.79 Å². The Bertz CT molecular complexity index is 1260. The highest BCUT2D eigenvalue weighted by atomic mass is 32.2. The van der Waals surface area contributed by atoms with Gasteiger partial charge in [-0.1, -0.05) is 18.9 Å². The Hall–Kier alpha value is -1.94. The van der Waals surface area contributed by atoms with E-state index >= 15 is 0 Å². The average molecular weight is 518 g/mol. The third-order valence-electron chi connectivity index (χ3n) is 7.86. The quantitative estimate of drug-likeness (QED) is 0.607. The fraction of sp³-hybridized carbons (Fsp3) is 0.538. The first-order chi connectivity index (χ1) is 16.7. The van der Waals surface area contributed by atoms with Gasteiger partial charge < -0.3 is 4.90 Å². The number of sulfone groups is 1. The second-order valence-corrected chi connectivity index (χ2v) is 14.0. The number of nitrogens with zero attached hydrogens (tertiary/aromatic N) is 3. The molecule has 2 fully saturated rings. The predicted molar refractivity (Wildman–Crippen MR) is 138 cm³/mol. The first-order valence-electron chi connectivity index (χ1n) is 12.6. The minimum atomic E-state index is -3.66. The van der Waals surface area contributed by atoms with E-state index < -0.39 is 19.9 Å². The molecule has 2 aromatic rings. The molecule has 0 unspecified atom stereocenters. The van der Waals surface area contributed by atoms with Crippen molar-refractivity contribution in [3.05, 3.63) is 53.6 Å².